The average molecular weight is 763 g/mol. The van der Waals surface area contributed by atoms with E-state index in [1.54, 1.807) is 0 Å². The van der Waals surface area contributed by atoms with Gasteiger partial charge in [-0.2, -0.15) is 0 Å². The molecule has 13 aromatic rings. The molecule has 3 aromatic heterocycles. The molecule has 0 fully saturated rings. The van der Waals surface area contributed by atoms with Crippen molar-refractivity contribution in [3.8, 4) is 34.0 Å². The van der Waals surface area contributed by atoms with Crippen LogP contribution in [-0.2, 0) is 0 Å². The second-order valence-corrected chi connectivity index (χ2v) is 15.8. The second-order valence-electron chi connectivity index (χ2n) is 15.8. The van der Waals surface area contributed by atoms with E-state index in [4.69, 9.17) is 9.97 Å². The number of benzene rings is 10. The van der Waals surface area contributed by atoms with Gasteiger partial charge in [0.1, 0.15) is 0 Å². The number of hydrogen-bond acceptors (Lipinski definition) is 2. The Bertz CT molecular complexity index is 3890. The molecule has 278 valence electrons. The monoisotopic (exact) mass is 762 g/mol. The summed E-state index contributed by atoms with van der Waals surface area (Å²) in [6, 6.07) is 74.4. The van der Waals surface area contributed by atoms with Crippen LogP contribution in [0.15, 0.2) is 206 Å². The van der Waals surface area contributed by atoms with Crippen LogP contribution in [0.5, 0.6) is 0 Å². The Kier molecular flexibility index (Phi) is 6.98. The highest BCUT2D eigenvalue weighted by Crippen LogP contribution is 2.42. The maximum Gasteiger partial charge on any atom is 0.160 e. The fourth-order valence-electron chi connectivity index (χ4n) is 9.75. The molecule has 0 amide bonds. The minimum absolute atomic E-state index is 0.692. The van der Waals surface area contributed by atoms with Crippen molar-refractivity contribution >= 4 is 86.8 Å². The van der Waals surface area contributed by atoms with E-state index in [1.807, 2.05) is 0 Å². The van der Waals surface area contributed by atoms with E-state index in [2.05, 4.69) is 215 Å². The summed E-state index contributed by atoms with van der Waals surface area (Å²) in [5, 5.41) is 13.4. The summed E-state index contributed by atoms with van der Waals surface area (Å²) in [6.07, 6.45) is 0. The molecule has 0 aliphatic carbocycles. The van der Waals surface area contributed by atoms with Crippen LogP contribution in [0, 0.1) is 0 Å². The van der Waals surface area contributed by atoms with Crippen LogP contribution in [0.25, 0.3) is 121 Å². The largest absolute Gasteiger partial charge is 0.309 e. The maximum absolute atomic E-state index is 5.45. The molecule has 0 aliphatic rings. The summed E-state index contributed by atoms with van der Waals surface area (Å²) < 4.78 is 4.81. The van der Waals surface area contributed by atoms with Gasteiger partial charge < -0.3 is 9.13 Å². The Labute approximate surface area is 344 Å². The van der Waals surface area contributed by atoms with E-state index >= 15 is 0 Å². The molecule has 0 bridgehead atoms. The van der Waals surface area contributed by atoms with Crippen molar-refractivity contribution < 1.29 is 0 Å². The molecule has 13 rings (SSSR count). The standard InChI is InChI=1S/C56H34N4/c1-2-18-41(19-3-1)59-49-29-26-35-13-6-8-21-43(35)53(49)46-28-25-39(34-51(46)59)55-45-23-10-11-24-48(45)57-56(58-55)40-17-12-20-42(31-40)60-50-30-27-36-14-7-9-22-44(36)54(50)47-32-37-15-4-5-16-38(37)33-52(47)60/h1-34H. The predicted octanol–water partition coefficient (Wildman–Crippen LogP) is 14.6. The summed E-state index contributed by atoms with van der Waals surface area (Å²) in [5.74, 6) is 0.692. The molecule has 10 aromatic carbocycles. The van der Waals surface area contributed by atoms with Crippen molar-refractivity contribution in [3.63, 3.8) is 0 Å². The van der Waals surface area contributed by atoms with Gasteiger partial charge in [-0.15, -0.1) is 0 Å². The van der Waals surface area contributed by atoms with Crippen LogP contribution in [0.2, 0.25) is 0 Å². The van der Waals surface area contributed by atoms with Crippen LogP contribution in [-0.4, -0.2) is 19.1 Å². The minimum Gasteiger partial charge on any atom is -0.309 e. The summed E-state index contributed by atoms with van der Waals surface area (Å²) in [6.45, 7) is 0. The van der Waals surface area contributed by atoms with Gasteiger partial charge in [0.2, 0.25) is 0 Å². The first-order chi connectivity index (χ1) is 29.7. The lowest BCUT2D eigenvalue weighted by Gasteiger charge is -2.13. The normalized spacial score (nSPS) is 12.0. The quantitative estimate of drug-likeness (QED) is 0.179. The van der Waals surface area contributed by atoms with E-state index in [0.717, 1.165) is 44.6 Å². The highest BCUT2D eigenvalue weighted by molar-refractivity contribution is 6.24. The number of rotatable bonds is 4. The lowest BCUT2D eigenvalue weighted by molar-refractivity contribution is 1.17. The average Bonchev–Trinajstić information content (AvgIpc) is 3.83. The number of nitrogens with zero attached hydrogens (tertiary/aromatic N) is 4. The van der Waals surface area contributed by atoms with Crippen molar-refractivity contribution in [2.75, 3.05) is 0 Å². The highest BCUT2D eigenvalue weighted by atomic mass is 15.0. The lowest BCUT2D eigenvalue weighted by Crippen LogP contribution is -1.98. The van der Waals surface area contributed by atoms with Crippen molar-refractivity contribution in [2.45, 2.75) is 0 Å². The van der Waals surface area contributed by atoms with E-state index in [-0.39, 0.29) is 0 Å². The smallest absolute Gasteiger partial charge is 0.160 e. The number of para-hydroxylation sites is 2. The third kappa shape index (κ3) is 4.85. The topological polar surface area (TPSA) is 35.6 Å². The molecule has 0 atom stereocenters. The Morgan fingerprint density at radius 3 is 1.63 bits per heavy atom. The van der Waals surface area contributed by atoms with Gasteiger partial charge in [0.15, 0.2) is 5.82 Å². The molecule has 3 heterocycles. The van der Waals surface area contributed by atoms with Crippen LogP contribution in [0.4, 0.5) is 0 Å². The van der Waals surface area contributed by atoms with Crippen molar-refractivity contribution in [3.05, 3.63) is 206 Å². The predicted molar refractivity (Wildman–Crippen MR) is 252 cm³/mol. The molecule has 0 spiro atoms. The molecule has 0 saturated heterocycles. The Balaban J connectivity index is 1.03. The SMILES string of the molecule is c1ccc(-n2c3cc(-c4nc(-c5cccc(-n6c7cc8ccccc8cc7c7c8ccccc8ccc76)c5)nc5ccccc45)ccc3c3c4ccccc4ccc32)cc1. The maximum atomic E-state index is 5.45. The molecular formula is C56H34N4. The molecule has 0 unspecified atom stereocenters. The number of aromatic nitrogens is 4. The van der Waals surface area contributed by atoms with Crippen LogP contribution in [0.1, 0.15) is 0 Å². The zero-order valence-electron chi connectivity index (χ0n) is 32.4. The van der Waals surface area contributed by atoms with Gasteiger partial charge >= 0.3 is 0 Å². The summed E-state index contributed by atoms with van der Waals surface area (Å²) in [5.41, 5.74) is 10.7. The van der Waals surface area contributed by atoms with Gasteiger partial charge in [0.05, 0.1) is 33.3 Å². The van der Waals surface area contributed by atoms with Gasteiger partial charge in [0.25, 0.3) is 0 Å². The van der Waals surface area contributed by atoms with Gasteiger partial charge in [-0.3, -0.25) is 0 Å². The lowest BCUT2D eigenvalue weighted by atomic mass is 10.0. The minimum atomic E-state index is 0.692. The molecule has 4 nitrogen and oxygen atoms in total. The Morgan fingerprint density at radius 1 is 0.300 bits per heavy atom. The molecule has 0 radical (unpaired) electrons. The third-order valence-corrected chi connectivity index (χ3v) is 12.4. The van der Waals surface area contributed by atoms with Crippen LogP contribution < -0.4 is 0 Å². The molecule has 60 heavy (non-hydrogen) atoms. The molecule has 0 N–H and O–H groups in total. The molecule has 4 heteroatoms. The summed E-state index contributed by atoms with van der Waals surface area (Å²) in [7, 11) is 0. The van der Waals surface area contributed by atoms with E-state index in [9.17, 15) is 0 Å². The van der Waals surface area contributed by atoms with Crippen molar-refractivity contribution in [1.29, 1.82) is 0 Å². The second kappa shape index (κ2) is 12.7. The van der Waals surface area contributed by atoms with Gasteiger partial charge in [-0.1, -0.05) is 146 Å². The zero-order chi connectivity index (χ0) is 39.3. The fraction of sp³-hybridized carbons (Fsp3) is 0. The van der Waals surface area contributed by atoms with E-state index in [1.165, 1.54) is 70.4 Å². The summed E-state index contributed by atoms with van der Waals surface area (Å²) in [4.78, 5) is 10.7. The Morgan fingerprint density at radius 2 is 0.883 bits per heavy atom. The van der Waals surface area contributed by atoms with Gasteiger partial charge in [-0.25, -0.2) is 9.97 Å². The highest BCUT2D eigenvalue weighted by Gasteiger charge is 2.20. The van der Waals surface area contributed by atoms with Crippen LogP contribution >= 0.6 is 0 Å². The van der Waals surface area contributed by atoms with Crippen LogP contribution in [0.3, 0.4) is 0 Å². The summed E-state index contributed by atoms with van der Waals surface area (Å²) >= 11 is 0. The number of hydrogen-bond donors (Lipinski definition) is 0. The molecule has 0 aliphatic heterocycles. The first-order valence-electron chi connectivity index (χ1n) is 20.5. The van der Waals surface area contributed by atoms with E-state index in [0.29, 0.717) is 5.82 Å². The number of fused-ring (bicyclic) bond motifs is 12. The zero-order valence-corrected chi connectivity index (χ0v) is 32.4. The van der Waals surface area contributed by atoms with Gasteiger partial charge in [0, 0.05) is 49.4 Å². The third-order valence-electron chi connectivity index (χ3n) is 12.4. The van der Waals surface area contributed by atoms with Crippen molar-refractivity contribution in [2.24, 2.45) is 0 Å². The van der Waals surface area contributed by atoms with Gasteiger partial charge in [-0.05, 0) is 93.0 Å². The fourth-order valence-corrected chi connectivity index (χ4v) is 9.75. The molecule has 0 saturated carbocycles. The first kappa shape index (κ1) is 32.9. The first-order valence-corrected chi connectivity index (χ1v) is 20.5. The van der Waals surface area contributed by atoms with E-state index < -0.39 is 0 Å². The van der Waals surface area contributed by atoms with Crippen molar-refractivity contribution in [1.82, 2.24) is 19.1 Å². The molecular weight excluding hydrogens is 729 g/mol. The Hall–Kier alpha value is -8.08.